The van der Waals surface area contributed by atoms with Gasteiger partial charge in [-0.2, -0.15) is 0 Å². The Bertz CT molecular complexity index is 210. The summed E-state index contributed by atoms with van der Waals surface area (Å²) in [7, 11) is 2.80. The van der Waals surface area contributed by atoms with Gasteiger partial charge in [-0.1, -0.05) is 13.3 Å². The van der Waals surface area contributed by atoms with Crippen molar-refractivity contribution in [2.24, 2.45) is 5.92 Å². The Hall–Kier alpha value is -0.640. The number of rotatable bonds is 4. The number of hydrogen-bond donors (Lipinski definition) is 0. The predicted molar refractivity (Wildman–Crippen MR) is 46.6 cm³/mol. The molecule has 13 heavy (non-hydrogen) atoms. The van der Waals surface area contributed by atoms with E-state index in [0.717, 1.165) is 17.9 Å². The van der Waals surface area contributed by atoms with Crippen molar-refractivity contribution in [3.63, 3.8) is 0 Å². The van der Waals surface area contributed by atoms with Crippen LogP contribution in [0.4, 0.5) is 4.39 Å². The Morgan fingerprint density at radius 2 is 2.38 bits per heavy atom. The quantitative estimate of drug-likeness (QED) is 0.628. The fraction of sp³-hybridized carbons (Fsp3) is 0.889. The summed E-state index contributed by atoms with van der Waals surface area (Å²) in [6.07, 6.45) is 2.05. The molecule has 0 aromatic rings. The average molecular weight is 189 g/mol. The first-order chi connectivity index (χ1) is 6.06. The molecule has 0 saturated heterocycles. The molecule has 2 unspecified atom stereocenters. The van der Waals surface area contributed by atoms with Gasteiger partial charge in [-0.05, 0) is 12.8 Å². The number of nitrogens with zero attached hydrogens (tertiary/aromatic N) is 1. The lowest BCUT2D eigenvalue weighted by atomic mass is 10.2. The van der Waals surface area contributed by atoms with Gasteiger partial charge in [-0.25, -0.2) is 9.45 Å². The van der Waals surface area contributed by atoms with E-state index in [4.69, 9.17) is 0 Å². The van der Waals surface area contributed by atoms with Gasteiger partial charge in [0.1, 0.15) is 0 Å². The number of alkyl halides is 1. The number of carbonyl (C=O) groups excluding carboxylic acids is 1. The summed E-state index contributed by atoms with van der Waals surface area (Å²) in [5.74, 6) is -0.643. The minimum absolute atomic E-state index is 0.0948. The van der Waals surface area contributed by atoms with Crippen molar-refractivity contribution >= 4 is 5.91 Å². The lowest BCUT2D eigenvalue weighted by Crippen LogP contribution is -2.35. The highest BCUT2D eigenvalue weighted by atomic mass is 19.1. The van der Waals surface area contributed by atoms with Gasteiger partial charge in [-0.3, -0.25) is 9.63 Å². The number of halogens is 1. The molecule has 1 aliphatic carbocycles. The normalized spacial score (nSPS) is 31.5. The monoisotopic (exact) mass is 189 g/mol. The predicted octanol–water partition coefficient (Wildman–Crippen LogP) is 1.53. The Morgan fingerprint density at radius 1 is 1.77 bits per heavy atom. The van der Waals surface area contributed by atoms with Crippen molar-refractivity contribution in [2.45, 2.75) is 31.9 Å². The van der Waals surface area contributed by atoms with Gasteiger partial charge in [0, 0.05) is 13.0 Å². The minimum atomic E-state index is -1.64. The van der Waals surface area contributed by atoms with Gasteiger partial charge in [-0.15, -0.1) is 0 Å². The van der Waals surface area contributed by atoms with Crippen LogP contribution >= 0.6 is 0 Å². The van der Waals surface area contributed by atoms with Crippen LogP contribution in [0.1, 0.15) is 26.2 Å². The maximum Gasteiger partial charge on any atom is 0.283 e. The first-order valence-electron chi connectivity index (χ1n) is 4.57. The van der Waals surface area contributed by atoms with E-state index in [1.54, 1.807) is 0 Å². The largest absolute Gasteiger partial charge is 0.283 e. The summed E-state index contributed by atoms with van der Waals surface area (Å²) in [4.78, 5) is 16.0. The molecule has 3 nitrogen and oxygen atoms in total. The first kappa shape index (κ1) is 10.4. The van der Waals surface area contributed by atoms with Crippen LogP contribution < -0.4 is 0 Å². The van der Waals surface area contributed by atoms with E-state index in [-0.39, 0.29) is 5.92 Å². The van der Waals surface area contributed by atoms with Gasteiger partial charge in [0.2, 0.25) is 0 Å². The van der Waals surface area contributed by atoms with Crippen LogP contribution in [0.15, 0.2) is 0 Å². The molecule has 0 N–H and O–H groups in total. The number of hydroxylamine groups is 2. The first-order valence-corrected chi connectivity index (χ1v) is 4.57. The topological polar surface area (TPSA) is 29.5 Å². The summed E-state index contributed by atoms with van der Waals surface area (Å²) in [6.45, 7) is 1.99. The second-order valence-corrected chi connectivity index (χ2v) is 3.54. The molecule has 1 fully saturated rings. The lowest BCUT2D eigenvalue weighted by molar-refractivity contribution is -0.176. The molecule has 0 aromatic carbocycles. The third-order valence-electron chi connectivity index (χ3n) is 2.58. The zero-order valence-electron chi connectivity index (χ0n) is 8.34. The zero-order chi connectivity index (χ0) is 10.1. The molecular formula is C9H16FNO2. The van der Waals surface area contributed by atoms with Crippen molar-refractivity contribution in [1.29, 1.82) is 0 Å². The van der Waals surface area contributed by atoms with E-state index < -0.39 is 11.6 Å². The molecule has 76 valence electrons. The van der Waals surface area contributed by atoms with Crippen LogP contribution in [0.3, 0.4) is 0 Å². The molecule has 0 bridgehead atoms. The third-order valence-corrected chi connectivity index (χ3v) is 2.58. The van der Waals surface area contributed by atoms with E-state index in [1.807, 2.05) is 6.92 Å². The second-order valence-electron chi connectivity index (χ2n) is 3.54. The molecule has 0 heterocycles. The van der Waals surface area contributed by atoms with Crippen molar-refractivity contribution in [1.82, 2.24) is 5.06 Å². The van der Waals surface area contributed by atoms with Crippen LogP contribution in [0.5, 0.6) is 0 Å². The van der Waals surface area contributed by atoms with Crippen LogP contribution in [-0.4, -0.2) is 30.8 Å². The molecular weight excluding hydrogens is 173 g/mol. The number of amides is 1. The molecule has 1 amide bonds. The highest BCUT2D eigenvalue weighted by Gasteiger charge is 2.61. The smallest absolute Gasteiger partial charge is 0.274 e. The zero-order valence-corrected chi connectivity index (χ0v) is 8.34. The molecule has 1 rings (SSSR count). The Labute approximate surface area is 77.8 Å². The van der Waals surface area contributed by atoms with E-state index in [1.165, 1.54) is 14.2 Å². The highest BCUT2D eigenvalue weighted by molar-refractivity contribution is 5.87. The van der Waals surface area contributed by atoms with E-state index in [9.17, 15) is 9.18 Å². The molecule has 0 aromatic heterocycles. The van der Waals surface area contributed by atoms with Gasteiger partial charge < -0.3 is 0 Å². The van der Waals surface area contributed by atoms with Crippen molar-refractivity contribution in [3.8, 4) is 0 Å². The van der Waals surface area contributed by atoms with E-state index in [2.05, 4.69) is 4.84 Å². The van der Waals surface area contributed by atoms with Crippen LogP contribution in [-0.2, 0) is 9.63 Å². The van der Waals surface area contributed by atoms with Crippen molar-refractivity contribution in [2.75, 3.05) is 14.2 Å². The standard InChI is InChI=1S/C9H16FNO2/c1-4-5-7-6-9(7,10)8(12)11(2)13-3/h7H,4-6H2,1-3H3. The van der Waals surface area contributed by atoms with Crippen LogP contribution in [0.25, 0.3) is 0 Å². The molecule has 0 radical (unpaired) electrons. The molecule has 2 atom stereocenters. The van der Waals surface area contributed by atoms with Gasteiger partial charge in [0.25, 0.3) is 5.91 Å². The maximum atomic E-state index is 13.7. The molecule has 0 aliphatic heterocycles. The summed E-state index contributed by atoms with van der Waals surface area (Å²) < 4.78 is 13.7. The number of hydrogen-bond acceptors (Lipinski definition) is 2. The van der Waals surface area contributed by atoms with Crippen LogP contribution in [0, 0.1) is 5.92 Å². The summed E-state index contributed by atoms with van der Waals surface area (Å²) in [5.41, 5.74) is -1.64. The van der Waals surface area contributed by atoms with E-state index >= 15 is 0 Å². The van der Waals surface area contributed by atoms with Crippen molar-refractivity contribution in [3.05, 3.63) is 0 Å². The summed E-state index contributed by atoms with van der Waals surface area (Å²) in [6, 6.07) is 0. The SMILES string of the molecule is CCCC1CC1(F)C(=O)N(C)OC. The van der Waals surface area contributed by atoms with Crippen LogP contribution in [0.2, 0.25) is 0 Å². The summed E-state index contributed by atoms with van der Waals surface area (Å²) >= 11 is 0. The average Bonchev–Trinajstić information content (AvgIpc) is 2.77. The lowest BCUT2D eigenvalue weighted by Gasteiger charge is -2.16. The fourth-order valence-electron chi connectivity index (χ4n) is 1.59. The second kappa shape index (κ2) is 3.62. The Morgan fingerprint density at radius 3 is 2.85 bits per heavy atom. The maximum absolute atomic E-state index is 13.7. The fourth-order valence-corrected chi connectivity index (χ4v) is 1.59. The van der Waals surface area contributed by atoms with E-state index in [0.29, 0.717) is 6.42 Å². The minimum Gasteiger partial charge on any atom is -0.274 e. The van der Waals surface area contributed by atoms with Crippen molar-refractivity contribution < 1.29 is 14.0 Å². The molecule has 1 saturated carbocycles. The van der Waals surface area contributed by atoms with Gasteiger partial charge in [0.05, 0.1) is 7.11 Å². The van der Waals surface area contributed by atoms with Gasteiger partial charge in [0.15, 0.2) is 5.67 Å². The molecule has 4 heteroatoms. The highest BCUT2D eigenvalue weighted by Crippen LogP contribution is 2.51. The third kappa shape index (κ3) is 1.82. The Kier molecular flexibility index (Phi) is 2.91. The number of carbonyl (C=O) groups is 1. The Balaban J connectivity index is 2.49. The molecule has 0 spiro atoms. The summed E-state index contributed by atoms with van der Waals surface area (Å²) in [5, 5.41) is 0.968. The molecule has 1 aliphatic rings. The van der Waals surface area contributed by atoms with Gasteiger partial charge >= 0.3 is 0 Å².